The molecule has 136 valence electrons. The Morgan fingerprint density at radius 2 is 2.00 bits per heavy atom. The van der Waals surface area contributed by atoms with Crippen LogP contribution in [0, 0.1) is 5.92 Å². The Labute approximate surface area is 157 Å². The van der Waals surface area contributed by atoms with E-state index in [1.807, 2.05) is 18.2 Å². The smallest absolute Gasteiger partial charge is 0.261 e. The van der Waals surface area contributed by atoms with Gasteiger partial charge < -0.3 is 10.1 Å². The molecular weight excluding hydrogens is 344 g/mol. The Bertz CT molecular complexity index is 875. The SMILES string of the molecule is O=C(N[C@@H]1C2CCN(CC2)C12CC2)c1cc2cccc(OC3CC3)c2s1. The molecule has 1 atom stereocenters. The molecule has 3 aliphatic heterocycles. The predicted molar refractivity (Wildman–Crippen MR) is 103 cm³/mol. The molecule has 3 saturated heterocycles. The minimum Gasteiger partial charge on any atom is -0.489 e. The largest absolute Gasteiger partial charge is 0.489 e. The van der Waals surface area contributed by atoms with Crippen molar-refractivity contribution in [2.75, 3.05) is 13.1 Å². The molecule has 2 aliphatic carbocycles. The van der Waals surface area contributed by atoms with Crippen LogP contribution < -0.4 is 10.1 Å². The van der Waals surface area contributed by atoms with E-state index < -0.39 is 0 Å². The van der Waals surface area contributed by atoms with E-state index in [-0.39, 0.29) is 11.4 Å². The van der Waals surface area contributed by atoms with E-state index in [4.69, 9.17) is 4.74 Å². The Balaban J connectivity index is 1.27. The van der Waals surface area contributed by atoms with E-state index in [0.717, 1.165) is 33.6 Å². The maximum atomic E-state index is 13.1. The van der Waals surface area contributed by atoms with Gasteiger partial charge in [0, 0.05) is 5.54 Å². The summed E-state index contributed by atoms with van der Waals surface area (Å²) in [6.07, 6.45) is 7.65. The predicted octanol–water partition coefficient (Wildman–Crippen LogP) is 3.80. The van der Waals surface area contributed by atoms with Gasteiger partial charge in [0.1, 0.15) is 5.75 Å². The van der Waals surface area contributed by atoms with Gasteiger partial charge in [0.05, 0.1) is 21.7 Å². The van der Waals surface area contributed by atoms with Crippen LogP contribution in [0.15, 0.2) is 24.3 Å². The third kappa shape index (κ3) is 2.33. The first-order chi connectivity index (χ1) is 12.7. The number of ether oxygens (including phenoxy) is 1. The summed E-state index contributed by atoms with van der Waals surface area (Å²) in [6, 6.07) is 8.52. The Hall–Kier alpha value is -1.59. The zero-order chi connectivity index (χ0) is 17.3. The fraction of sp³-hybridized carbons (Fsp3) is 0.571. The molecule has 1 spiro atoms. The number of hydrogen-bond donors (Lipinski definition) is 1. The molecule has 0 unspecified atom stereocenters. The molecule has 1 N–H and O–H groups in total. The van der Waals surface area contributed by atoms with E-state index in [0.29, 0.717) is 18.1 Å². The quantitative estimate of drug-likeness (QED) is 0.892. The molecule has 4 nitrogen and oxygen atoms in total. The maximum absolute atomic E-state index is 13.1. The second-order valence-corrected chi connectivity index (χ2v) is 9.53. The molecule has 0 radical (unpaired) electrons. The van der Waals surface area contributed by atoms with Crippen molar-refractivity contribution >= 4 is 27.3 Å². The summed E-state index contributed by atoms with van der Waals surface area (Å²) < 4.78 is 7.15. The van der Waals surface area contributed by atoms with Crippen LogP contribution in [0.4, 0.5) is 0 Å². The number of carbonyl (C=O) groups is 1. The summed E-state index contributed by atoms with van der Waals surface area (Å²) in [4.78, 5) is 16.5. The van der Waals surface area contributed by atoms with Crippen LogP contribution in [0.1, 0.15) is 48.2 Å². The molecule has 2 bridgehead atoms. The lowest BCUT2D eigenvalue weighted by Gasteiger charge is -2.52. The molecule has 26 heavy (non-hydrogen) atoms. The second kappa shape index (κ2) is 5.46. The van der Waals surface area contributed by atoms with Crippen molar-refractivity contribution in [3.63, 3.8) is 0 Å². The van der Waals surface area contributed by atoms with Crippen LogP contribution in [-0.4, -0.2) is 41.6 Å². The third-order valence-electron chi connectivity index (χ3n) is 6.82. The fourth-order valence-electron chi connectivity index (χ4n) is 5.14. The van der Waals surface area contributed by atoms with Crippen molar-refractivity contribution in [2.24, 2.45) is 5.92 Å². The molecule has 5 aliphatic rings. The summed E-state index contributed by atoms with van der Waals surface area (Å²) in [6.45, 7) is 2.45. The number of piperidine rings is 3. The standard InChI is InChI=1S/C21H24N2O2S/c24-20(22-19-13-6-10-23(11-7-13)21(19)8-9-21)17-12-14-2-1-3-16(18(14)26-17)25-15-4-5-15/h1-3,12-13,15,19H,4-11H2,(H,22,24)/t19-/m1/s1. The van der Waals surface area contributed by atoms with Gasteiger partial charge in [0.2, 0.25) is 0 Å². The highest BCUT2D eigenvalue weighted by molar-refractivity contribution is 7.21. The Morgan fingerprint density at radius 1 is 1.19 bits per heavy atom. The lowest BCUT2D eigenvalue weighted by Crippen LogP contribution is -2.65. The monoisotopic (exact) mass is 368 g/mol. The van der Waals surface area contributed by atoms with Crippen LogP contribution >= 0.6 is 11.3 Å². The van der Waals surface area contributed by atoms with Crippen molar-refractivity contribution in [3.05, 3.63) is 29.1 Å². The van der Waals surface area contributed by atoms with Gasteiger partial charge >= 0.3 is 0 Å². The fourth-order valence-corrected chi connectivity index (χ4v) is 6.16. The van der Waals surface area contributed by atoms with Gasteiger partial charge in [-0.3, -0.25) is 9.69 Å². The number of amides is 1. The number of benzene rings is 1. The topological polar surface area (TPSA) is 41.6 Å². The van der Waals surface area contributed by atoms with Crippen LogP contribution in [0.25, 0.3) is 10.1 Å². The molecule has 5 fully saturated rings. The van der Waals surface area contributed by atoms with Crippen molar-refractivity contribution in [1.29, 1.82) is 0 Å². The summed E-state index contributed by atoms with van der Waals surface area (Å²) in [7, 11) is 0. The summed E-state index contributed by atoms with van der Waals surface area (Å²) in [5.41, 5.74) is 0.285. The van der Waals surface area contributed by atoms with Crippen LogP contribution in [-0.2, 0) is 0 Å². The molecule has 2 aromatic rings. The van der Waals surface area contributed by atoms with Crippen molar-refractivity contribution < 1.29 is 9.53 Å². The normalized spacial score (nSPS) is 31.3. The van der Waals surface area contributed by atoms with Gasteiger partial charge in [-0.05, 0) is 75.1 Å². The van der Waals surface area contributed by atoms with Crippen molar-refractivity contribution in [1.82, 2.24) is 10.2 Å². The van der Waals surface area contributed by atoms with Gasteiger partial charge in [-0.1, -0.05) is 12.1 Å². The highest BCUT2D eigenvalue weighted by atomic mass is 32.1. The molecule has 5 heteroatoms. The van der Waals surface area contributed by atoms with E-state index in [2.05, 4.69) is 16.3 Å². The van der Waals surface area contributed by atoms with Crippen LogP contribution in [0.3, 0.4) is 0 Å². The number of nitrogens with zero attached hydrogens (tertiary/aromatic N) is 1. The average molecular weight is 369 g/mol. The summed E-state index contributed by atoms with van der Waals surface area (Å²) >= 11 is 1.58. The van der Waals surface area contributed by atoms with E-state index >= 15 is 0 Å². The minimum atomic E-state index is 0.105. The van der Waals surface area contributed by atoms with Crippen LogP contribution in [0.2, 0.25) is 0 Å². The molecular formula is C21H24N2O2S. The lowest BCUT2D eigenvalue weighted by atomic mass is 9.77. The van der Waals surface area contributed by atoms with Gasteiger partial charge in [0.15, 0.2) is 0 Å². The number of carbonyl (C=O) groups excluding carboxylic acids is 1. The highest BCUT2D eigenvalue weighted by Gasteiger charge is 2.60. The minimum absolute atomic E-state index is 0.105. The van der Waals surface area contributed by atoms with Crippen LogP contribution in [0.5, 0.6) is 5.75 Å². The first-order valence-corrected chi connectivity index (χ1v) is 10.8. The number of fused-ring (bicyclic) bond motifs is 3. The molecule has 1 aromatic carbocycles. The zero-order valence-corrected chi connectivity index (χ0v) is 15.7. The molecule has 2 saturated carbocycles. The van der Waals surface area contributed by atoms with Gasteiger partial charge in [-0.25, -0.2) is 0 Å². The van der Waals surface area contributed by atoms with Crippen molar-refractivity contribution in [3.8, 4) is 5.75 Å². The lowest BCUT2D eigenvalue weighted by molar-refractivity contribution is -0.00138. The highest BCUT2D eigenvalue weighted by Crippen LogP contribution is 2.53. The summed E-state index contributed by atoms with van der Waals surface area (Å²) in [5.74, 6) is 1.71. The van der Waals surface area contributed by atoms with E-state index in [1.54, 1.807) is 11.3 Å². The molecule has 1 amide bonds. The first-order valence-electron chi connectivity index (χ1n) is 9.98. The molecule has 4 heterocycles. The number of hydrogen-bond acceptors (Lipinski definition) is 4. The Morgan fingerprint density at radius 3 is 2.73 bits per heavy atom. The maximum Gasteiger partial charge on any atom is 0.261 e. The molecule has 7 rings (SSSR count). The average Bonchev–Trinajstić information content (AvgIpc) is 3.58. The zero-order valence-electron chi connectivity index (χ0n) is 14.9. The van der Waals surface area contributed by atoms with Gasteiger partial charge in [0.25, 0.3) is 5.91 Å². The first kappa shape index (κ1) is 15.5. The van der Waals surface area contributed by atoms with E-state index in [9.17, 15) is 4.79 Å². The number of thiophene rings is 1. The third-order valence-corrected chi connectivity index (χ3v) is 7.98. The summed E-state index contributed by atoms with van der Waals surface area (Å²) in [5, 5.41) is 4.56. The second-order valence-electron chi connectivity index (χ2n) is 8.48. The Kier molecular flexibility index (Phi) is 3.25. The molecule has 1 aromatic heterocycles. The number of rotatable bonds is 4. The van der Waals surface area contributed by atoms with E-state index in [1.165, 1.54) is 38.8 Å². The number of nitrogens with one attached hydrogen (secondary N) is 1. The van der Waals surface area contributed by atoms with Gasteiger partial charge in [-0.15, -0.1) is 11.3 Å². The van der Waals surface area contributed by atoms with Gasteiger partial charge in [-0.2, -0.15) is 0 Å². The van der Waals surface area contributed by atoms with Crippen molar-refractivity contribution in [2.45, 2.75) is 56.2 Å².